The van der Waals surface area contributed by atoms with Crippen molar-refractivity contribution in [3.63, 3.8) is 0 Å². The maximum absolute atomic E-state index is 12.9. The number of methoxy groups -OCH3 is 1. The Balaban J connectivity index is 2.47. The molecule has 0 aliphatic heterocycles. The number of hydrogen-bond donors (Lipinski definition) is 1. The predicted molar refractivity (Wildman–Crippen MR) is 73.8 cm³/mol. The smallest absolute Gasteiger partial charge is 0.416 e. The highest BCUT2D eigenvalue weighted by Gasteiger charge is 2.31. The van der Waals surface area contributed by atoms with Crippen LogP contribution in [0.25, 0.3) is 21.9 Å². The highest BCUT2D eigenvalue weighted by Crippen LogP contribution is 2.39. The summed E-state index contributed by atoms with van der Waals surface area (Å²) >= 11 is 0. The van der Waals surface area contributed by atoms with E-state index in [4.69, 9.17) is 14.9 Å². The van der Waals surface area contributed by atoms with Crippen molar-refractivity contribution >= 4 is 27.8 Å². The summed E-state index contributed by atoms with van der Waals surface area (Å²) in [5, 5.41) is 0.380. The summed E-state index contributed by atoms with van der Waals surface area (Å²) in [6.07, 6.45) is -4.50. The summed E-state index contributed by atoms with van der Waals surface area (Å²) in [4.78, 5) is 11.6. The normalized spacial score (nSPS) is 12.0. The number of fused-ring (bicyclic) bond motifs is 3. The van der Waals surface area contributed by atoms with Gasteiger partial charge in [-0.1, -0.05) is 0 Å². The summed E-state index contributed by atoms with van der Waals surface area (Å²) in [6, 6.07) is 5.95. The first-order valence-electron chi connectivity index (χ1n) is 6.23. The zero-order chi connectivity index (χ0) is 16.1. The topological polar surface area (TPSA) is 65.5 Å². The van der Waals surface area contributed by atoms with E-state index in [2.05, 4.69) is 0 Å². The van der Waals surface area contributed by atoms with Crippen LogP contribution in [0, 0.1) is 0 Å². The summed E-state index contributed by atoms with van der Waals surface area (Å²) < 4.78 is 49.3. The first kappa shape index (κ1) is 14.2. The van der Waals surface area contributed by atoms with Gasteiger partial charge in [-0.2, -0.15) is 13.2 Å². The molecular formula is C15H10F3NO3. The van der Waals surface area contributed by atoms with Gasteiger partial charge in [0.25, 0.3) is 0 Å². The van der Waals surface area contributed by atoms with Crippen molar-refractivity contribution in [3.05, 3.63) is 41.5 Å². The van der Waals surface area contributed by atoms with E-state index in [0.29, 0.717) is 5.75 Å². The van der Waals surface area contributed by atoms with Gasteiger partial charge < -0.3 is 14.9 Å². The number of hydrogen-bond acceptors (Lipinski definition) is 3. The summed E-state index contributed by atoms with van der Waals surface area (Å²) in [5.41, 5.74) is 4.95. The molecule has 3 aromatic rings. The zero-order valence-corrected chi connectivity index (χ0v) is 11.3. The third kappa shape index (κ3) is 2.05. The van der Waals surface area contributed by atoms with Crippen LogP contribution in [0.15, 0.2) is 34.7 Å². The van der Waals surface area contributed by atoms with Crippen molar-refractivity contribution in [1.29, 1.82) is 0 Å². The molecule has 2 aromatic carbocycles. The van der Waals surface area contributed by atoms with Gasteiger partial charge in [0.1, 0.15) is 5.58 Å². The van der Waals surface area contributed by atoms with E-state index in [-0.39, 0.29) is 27.5 Å². The van der Waals surface area contributed by atoms with Gasteiger partial charge in [-0.15, -0.1) is 0 Å². The SMILES string of the molecule is COc1ccc(C(N)=O)c2c1oc1ccc(C(F)(F)F)cc12. The van der Waals surface area contributed by atoms with Gasteiger partial charge >= 0.3 is 6.18 Å². The molecule has 0 spiro atoms. The van der Waals surface area contributed by atoms with Crippen LogP contribution in [0.2, 0.25) is 0 Å². The Kier molecular flexibility index (Phi) is 3.01. The molecule has 0 atom stereocenters. The number of alkyl halides is 3. The van der Waals surface area contributed by atoms with Crippen LogP contribution in [-0.4, -0.2) is 13.0 Å². The molecule has 114 valence electrons. The average molecular weight is 309 g/mol. The Bertz CT molecular complexity index is 896. The van der Waals surface area contributed by atoms with Gasteiger partial charge in [-0.05, 0) is 30.3 Å². The van der Waals surface area contributed by atoms with Gasteiger partial charge in [-0.3, -0.25) is 4.79 Å². The Morgan fingerprint density at radius 3 is 2.55 bits per heavy atom. The van der Waals surface area contributed by atoms with E-state index >= 15 is 0 Å². The largest absolute Gasteiger partial charge is 0.493 e. The van der Waals surface area contributed by atoms with Crippen LogP contribution < -0.4 is 10.5 Å². The van der Waals surface area contributed by atoms with Gasteiger partial charge in [0.2, 0.25) is 5.91 Å². The van der Waals surface area contributed by atoms with Crippen molar-refractivity contribution < 1.29 is 27.1 Å². The van der Waals surface area contributed by atoms with Crippen LogP contribution in [-0.2, 0) is 6.18 Å². The minimum Gasteiger partial charge on any atom is -0.493 e. The molecule has 0 radical (unpaired) electrons. The molecule has 3 rings (SSSR count). The standard InChI is InChI=1S/C15H10F3NO3/c1-21-11-5-3-8(14(19)20)12-9-6-7(15(16,17)18)2-4-10(9)22-13(11)12/h2-6H,1H3,(H2,19,20). The fourth-order valence-electron chi connectivity index (χ4n) is 2.40. The first-order chi connectivity index (χ1) is 10.3. The van der Waals surface area contributed by atoms with E-state index in [1.165, 1.54) is 25.3 Å². The molecule has 0 saturated carbocycles. The van der Waals surface area contributed by atoms with E-state index < -0.39 is 17.6 Å². The molecule has 0 aliphatic rings. The molecule has 1 amide bonds. The molecule has 1 aromatic heterocycles. The molecule has 0 aliphatic carbocycles. The van der Waals surface area contributed by atoms with Crippen LogP contribution in [0.5, 0.6) is 5.75 Å². The lowest BCUT2D eigenvalue weighted by molar-refractivity contribution is -0.137. The number of amides is 1. The van der Waals surface area contributed by atoms with Crippen LogP contribution in [0.1, 0.15) is 15.9 Å². The number of benzene rings is 2. The third-order valence-corrected chi connectivity index (χ3v) is 3.40. The summed E-state index contributed by atoms with van der Waals surface area (Å²) in [7, 11) is 1.40. The third-order valence-electron chi connectivity index (χ3n) is 3.40. The van der Waals surface area contributed by atoms with E-state index in [9.17, 15) is 18.0 Å². The molecule has 0 unspecified atom stereocenters. The average Bonchev–Trinajstić information content (AvgIpc) is 2.83. The van der Waals surface area contributed by atoms with Gasteiger partial charge in [0, 0.05) is 10.8 Å². The maximum Gasteiger partial charge on any atom is 0.416 e. The molecule has 1 heterocycles. The van der Waals surface area contributed by atoms with Crippen molar-refractivity contribution in [2.24, 2.45) is 5.73 Å². The monoisotopic (exact) mass is 309 g/mol. The number of nitrogens with two attached hydrogens (primary N) is 1. The quantitative estimate of drug-likeness (QED) is 0.784. The molecular weight excluding hydrogens is 299 g/mol. The molecule has 4 nitrogen and oxygen atoms in total. The number of rotatable bonds is 2. The number of carbonyl (C=O) groups is 1. The van der Waals surface area contributed by atoms with Crippen molar-refractivity contribution in [3.8, 4) is 5.75 Å². The number of furan rings is 1. The lowest BCUT2D eigenvalue weighted by Crippen LogP contribution is -2.11. The summed E-state index contributed by atoms with van der Waals surface area (Å²) in [5.74, 6) is -0.447. The lowest BCUT2D eigenvalue weighted by Gasteiger charge is -2.06. The second-order valence-corrected chi connectivity index (χ2v) is 4.69. The second kappa shape index (κ2) is 4.66. The van der Waals surface area contributed by atoms with Crippen molar-refractivity contribution in [2.45, 2.75) is 6.18 Å². The molecule has 0 fully saturated rings. The number of primary amides is 1. The molecule has 2 N–H and O–H groups in total. The summed E-state index contributed by atoms with van der Waals surface area (Å²) in [6.45, 7) is 0. The fourth-order valence-corrected chi connectivity index (χ4v) is 2.40. The van der Waals surface area contributed by atoms with Crippen molar-refractivity contribution in [2.75, 3.05) is 7.11 Å². The highest BCUT2D eigenvalue weighted by molar-refractivity contribution is 6.17. The Hall–Kier alpha value is -2.70. The molecule has 22 heavy (non-hydrogen) atoms. The Labute approximate surface area is 122 Å². The highest BCUT2D eigenvalue weighted by atomic mass is 19.4. The van der Waals surface area contributed by atoms with Crippen LogP contribution in [0.3, 0.4) is 0 Å². The Morgan fingerprint density at radius 2 is 1.95 bits per heavy atom. The Morgan fingerprint density at radius 1 is 1.23 bits per heavy atom. The van der Waals surface area contributed by atoms with Crippen LogP contribution in [0.4, 0.5) is 13.2 Å². The predicted octanol–water partition coefficient (Wildman–Crippen LogP) is 3.71. The lowest BCUT2D eigenvalue weighted by atomic mass is 10.0. The minimum absolute atomic E-state index is 0.0777. The second-order valence-electron chi connectivity index (χ2n) is 4.69. The number of halogens is 3. The number of carbonyl (C=O) groups excluding carboxylic acids is 1. The van der Waals surface area contributed by atoms with E-state index in [1.54, 1.807) is 0 Å². The van der Waals surface area contributed by atoms with Crippen LogP contribution >= 0.6 is 0 Å². The number of ether oxygens (including phenoxy) is 1. The van der Waals surface area contributed by atoms with Gasteiger partial charge in [0.05, 0.1) is 18.2 Å². The van der Waals surface area contributed by atoms with E-state index in [1.807, 2.05) is 0 Å². The maximum atomic E-state index is 12.9. The molecule has 0 saturated heterocycles. The molecule has 7 heteroatoms. The van der Waals surface area contributed by atoms with Gasteiger partial charge in [-0.25, -0.2) is 0 Å². The fraction of sp³-hybridized carbons (Fsp3) is 0.133. The zero-order valence-electron chi connectivity index (χ0n) is 11.3. The first-order valence-corrected chi connectivity index (χ1v) is 6.23. The minimum atomic E-state index is -4.50. The van der Waals surface area contributed by atoms with E-state index in [0.717, 1.165) is 12.1 Å². The van der Waals surface area contributed by atoms with Gasteiger partial charge in [0.15, 0.2) is 11.3 Å². The van der Waals surface area contributed by atoms with Crippen molar-refractivity contribution in [1.82, 2.24) is 0 Å². The molecule has 0 bridgehead atoms.